The number of nitrogens with two attached hydrogens (primary N) is 1. The summed E-state index contributed by atoms with van der Waals surface area (Å²) in [5.41, 5.74) is 6.78. The van der Waals surface area contributed by atoms with E-state index in [9.17, 15) is 4.79 Å². The number of benzene rings is 1. The Morgan fingerprint density at radius 1 is 1.38 bits per heavy atom. The zero-order valence-corrected chi connectivity index (χ0v) is 13.1. The first-order valence-corrected chi connectivity index (χ1v) is 8.08. The molecular weight excluding hydrogens is 286 g/mol. The zero-order valence-electron chi connectivity index (χ0n) is 12.3. The van der Waals surface area contributed by atoms with Gasteiger partial charge in [-0.15, -0.1) is 0 Å². The number of nitrogens with one attached hydrogen (secondary N) is 1. The van der Waals surface area contributed by atoms with Crippen LogP contribution < -0.4 is 16.0 Å². The van der Waals surface area contributed by atoms with Crippen LogP contribution in [0.2, 0.25) is 5.02 Å². The number of fused-ring (bicyclic) bond motifs is 2. The molecule has 2 unspecified atom stereocenters. The molecule has 21 heavy (non-hydrogen) atoms. The molecule has 0 aromatic heterocycles. The van der Waals surface area contributed by atoms with Crippen LogP contribution >= 0.6 is 11.6 Å². The molecule has 114 valence electrons. The quantitative estimate of drug-likeness (QED) is 0.899. The molecule has 2 heterocycles. The fourth-order valence-electron chi connectivity index (χ4n) is 3.80. The van der Waals surface area contributed by atoms with Crippen LogP contribution in [-0.2, 0) is 0 Å². The number of rotatable bonds is 4. The lowest BCUT2D eigenvalue weighted by molar-refractivity contribution is 0.100. The van der Waals surface area contributed by atoms with E-state index in [0.29, 0.717) is 28.7 Å². The van der Waals surface area contributed by atoms with Crippen molar-refractivity contribution in [2.45, 2.75) is 50.7 Å². The molecule has 2 atom stereocenters. The predicted molar refractivity (Wildman–Crippen MR) is 86.0 cm³/mol. The molecule has 0 radical (unpaired) electrons. The van der Waals surface area contributed by atoms with Gasteiger partial charge in [-0.3, -0.25) is 4.79 Å². The molecule has 3 rings (SSSR count). The second-order valence-electron chi connectivity index (χ2n) is 6.08. The van der Waals surface area contributed by atoms with Crippen LogP contribution in [0.3, 0.4) is 0 Å². The summed E-state index contributed by atoms with van der Waals surface area (Å²) >= 11 is 6.39. The molecule has 3 N–H and O–H groups in total. The number of amides is 1. The van der Waals surface area contributed by atoms with Gasteiger partial charge in [0.15, 0.2) is 0 Å². The Morgan fingerprint density at radius 2 is 2.05 bits per heavy atom. The highest BCUT2D eigenvalue weighted by atomic mass is 35.5. The average molecular weight is 308 g/mol. The Hall–Kier alpha value is -1.26. The van der Waals surface area contributed by atoms with Gasteiger partial charge in [0.1, 0.15) is 0 Å². The van der Waals surface area contributed by atoms with Crippen molar-refractivity contribution in [2.24, 2.45) is 5.73 Å². The van der Waals surface area contributed by atoms with Crippen LogP contribution in [0, 0.1) is 0 Å². The Balaban J connectivity index is 1.84. The van der Waals surface area contributed by atoms with Gasteiger partial charge in [-0.25, -0.2) is 0 Å². The number of hydrogen-bond donors (Lipinski definition) is 2. The third-order valence-electron chi connectivity index (χ3n) is 4.77. The van der Waals surface area contributed by atoms with Crippen LogP contribution in [-0.4, -0.2) is 30.6 Å². The summed E-state index contributed by atoms with van der Waals surface area (Å²) in [6, 6.07) is 7.18. The molecule has 2 aliphatic rings. The van der Waals surface area contributed by atoms with Crippen LogP contribution in [0.5, 0.6) is 0 Å². The van der Waals surface area contributed by atoms with E-state index in [2.05, 4.69) is 17.1 Å². The fourth-order valence-corrected chi connectivity index (χ4v) is 4.09. The van der Waals surface area contributed by atoms with E-state index in [0.717, 1.165) is 25.1 Å². The standard InChI is InChI=1S/C16H22ClN3O/c1-2-20(13-8-11-4-5-12(9-13)19-11)15-6-3-10(16(18)21)7-14(15)17/h3,6-7,11-13,19H,2,4-5,8-9H2,1H3,(H2,18,21). The van der Waals surface area contributed by atoms with Gasteiger partial charge in [-0.1, -0.05) is 11.6 Å². The molecule has 2 fully saturated rings. The highest BCUT2D eigenvalue weighted by molar-refractivity contribution is 6.33. The van der Waals surface area contributed by atoms with Crippen molar-refractivity contribution in [1.82, 2.24) is 5.32 Å². The van der Waals surface area contributed by atoms with Gasteiger partial charge in [0.25, 0.3) is 0 Å². The minimum atomic E-state index is -0.439. The molecule has 1 aromatic rings. The number of carbonyl (C=O) groups excluding carboxylic acids is 1. The first-order chi connectivity index (χ1) is 10.1. The van der Waals surface area contributed by atoms with E-state index in [1.54, 1.807) is 12.1 Å². The average Bonchev–Trinajstić information content (AvgIpc) is 2.80. The highest BCUT2D eigenvalue weighted by Gasteiger charge is 2.36. The van der Waals surface area contributed by atoms with Crippen molar-refractivity contribution in [3.8, 4) is 0 Å². The lowest BCUT2D eigenvalue weighted by Gasteiger charge is -2.39. The Kier molecular flexibility index (Phi) is 4.09. The topological polar surface area (TPSA) is 58.4 Å². The molecule has 1 amide bonds. The van der Waals surface area contributed by atoms with Crippen LogP contribution in [0.4, 0.5) is 5.69 Å². The molecular formula is C16H22ClN3O. The molecule has 2 aliphatic heterocycles. The van der Waals surface area contributed by atoms with Gasteiger partial charge in [-0.05, 0) is 50.8 Å². The first-order valence-electron chi connectivity index (χ1n) is 7.70. The van der Waals surface area contributed by atoms with Gasteiger partial charge in [0.2, 0.25) is 5.91 Å². The first kappa shape index (κ1) is 14.7. The summed E-state index contributed by atoms with van der Waals surface area (Å²) in [4.78, 5) is 13.6. The Bertz CT molecular complexity index is 536. The van der Waals surface area contributed by atoms with Gasteiger partial charge in [0, 0.05) is 30.2 Å². The van der Waals surface area contributed by atoms with Crippen molar-refractivity contribution >= 4 is 23.2 Å². The van der Waals surface area contributed by atoms with E-state index in [1.807, 2.05) is 6.07 Å². The third kappa shape index (κ3) is 2.87. The second kappa shape index (κ2) is 5.85. The second-order valence-corrected chi connectivity index (χ2v) is 6.49. The molecule has 4 nitrogen and oxygen atoms in total. The maximum atomic E-state index is 11.2. The van der Waals surface area contributed by atoms with Gasteiger partial charge in [0.05, 0.1) is 10.7 Å². The van der Waals surface area contributed by atoms with Crippen molar-refractivity contribution in [3.63, 3.8) is 0 Å². The van der Waals surface area contributed by atoms with E-state index >= 15 is 0 Å². The lowest BCUT2D eigenvalue weighted by Crippen LogP contribution is -2.48. The number of hydrogen-bond acceptors (Lipinski definition) is 3. The number of anilines is 1. The monoisotopic (exact) mass is 307 g/mol. The van der Waals surface area contributed by atoms with Crippen molar-refractivity contribution in [3.05, 3.63) is 28.8 Å². The lowest BCUT2D eigenvalue weighted by atomic mass is 9.97. The van der Waals surface area contributed by atoms with E-state index in [1.165, 1.54) is 12.8 Å². The Morgan fingerprint density at radius 3 is 2.57 bits per heavy atom. The van der Waals surface area contributed by atoms with E-state index in [4.69, 9.17) is 17.3 Å². The minimum Gasteiger partial charge on any atom is -0.368 e. The summed E-state index contributed by atoms with van der Waals surface area (Å²) in [6.45, 7) is 3.07. The summed E-state index contributed by atoms with van der Waals surface area (Å²) < 4.78 is 0. The largest absolute Gasteiger partial charge is 0.368 e. The maximum Gasteiger partial charge on any atom is 0.248 e. The van der Waals surface area contributed by atoms with Gasteiger partial charge < -0.3 is 16.0 Å². The van der Waals surface area contributed by atoms with Gasteiger partial charge in [-0.2, -0.15) is 0 Å². The van der Waals surface area contributed by atoms with Crippen molar-refractivity contribution in [2.75, 3.05) is 11.4 Å². The van der Waals surface area contributed by atoms with Crippen molar-refractivity contribution in [1.29, 1.82) is 0 Å². The summed E-state index contributed by atoms with van der Waals surface area (Å²) in [5, 5.41) is 4.28. The number of carbonyl (C=O) groups is 1. The molecule has 1 aromatic carbocycles. The molecule has 0 saturated carbocycles. The van der Waals surface area contributed by atoms with Crippen LogP contribution in [0.1, 0.15) is 43.0 Å². The molecule has 5 heteroatoms. The van der Waals surface area contributed by atoms with E-state index in [-0.39, 0.29) is 0 Å². The molecule has 0 spiro atoms. The highest BCUT2D eigenvalue weighted by Crippen LogP contribution is 2.35. The molecule has 2 saturated heterocycles. The predicted octanol–water partition coefficient (Wildman–Crippen LogP) is 2.55. The number of nitrogens with zero attached hydrogens (tertiary/aromatic N) is 1. The SMILES string of the molecule is CCN(c1ccc(C(N)=O)cc1Cl)C1CC2CCC(C1)N2. The summed E-state index contributed by atoms with van der Waals surface area (Å²) in [5.74, 6) is -0.439. The third-order valence-corrected chi connectivity index (χ3v) is 5.07. The molecule has 0 aliphatic carbocycles. The van der Waals surface area contributed by atoms with Gasteiger partial charge >= 0.3 is 0 Å². The number of halogens is 1. The fraction of sp³-hybridized carbons (Fsp3) is 0.562. The Labute approximate surface area is 130 Å². The smallest absolute Gasteiger partial charge is 0.248 e. The normalized spacial score (nSPS) is 27.6. The number of primary amides is 1. The van der Waals surface area contributed by atoms with E-state index < -0.39 is 5.91 Å². The zero-order chi connectivity index (χ0) is 15.0. The van der Waals surface area contributed by atoms with Crippen molar-refractivity contribution < 1.29 is 4.79 Å². The van der Waals surface area contributed by atoms with Crippen LogP contribution in [0.25, 0.3) is 0 Å². The summed E-state index contributed by atoms with van der Waals surface area (Å²) in [7, 11) is 0. The number of piperidine rings is 1. The molecule has 2 bridgehead atoms. The minimum absolute atomic E-state index is 0.439. The van der Waals surface area contributed by atoms with Crippen LogP contribution in [0.15, 0.2) is 18.2 Å². The maximum absolute atomic E-state index is 11.2. The summed E-state index contributed by atoms with van der Waals surface area (Å²) in [6.07, 6.45) is 4.90.